The van der Waals surface area contributed by atoms with Gasteiger partial charge in [-0.25, -0.2) is 0 Å². The molecule has 1 aliphatic rings. The van der Waals surface area contributed by atoms with Crippen molar-refractivity contribution in [2.75, 3.05) is 13.1 Å². The molecule has 17 heavy (non-hydrogen) atoms. The lowest BCUT2D eigenvalue weighted by atomic mass is 10.1. The first-order chi connectivity index (χ1) is 8.25. The van der Waals surface area contributed by atoms with Crippen molar-refractivity contribution in [3.05, 3.63) is 35.4 Å². The molecule has 0 bridgehead atoms. The number of hydrogen-bond acceptors (Lipinski definition) is 2. The van der Waals surface area contributed by atoms with E-state index in [1.807, 2.05) is 0 Å². The monoisotopic (exact) mass is 232 g/mol. The first-order valence-corrected chi connectivity index (χ1v) is 6.77. The van der Waals surface area contributed by atoms with E-state index in [1.54, 1.807) is 0 Å². The fourth-order valence-electron chi connectivity index (χ4n) is 2.05. The fourth-order valence-corrected chi connectivity index (χ4v) is 2.05. The van der Waals surface area contributed by atoms with E-state index in [0.717, 1.165) is 25.6 Å². The quantitative estimate of drug-likeness (QED) is 0.753. The number of hydrogen-bond donors (Lipinski definition) is 2. The second-order valence-electron chi connectivity index (χ2n) is 5.21. The van der Waals surface area contributed by atoms with Crippen LogP contribution in [-0.4, -0.2) is 25.2 Å². The Kier molecular flexibility index (Phi) is 4.57. The summed E-state index contributed by atoms with van der Waals surface area (Å²) in [5.41, 5.74) is 2.86. The fraction of sp³-hybridized carbons (Fsp3) is 0.600. The van der Waals surface area contributed by atoms with E-state index in [1.165, 1.54) is 24.0 Å². The Morgan fingerprint density at radius 2 is 2.06 bits per heavy atom. The minimum Gasteiger partial charge on any atom is -0.313 e. The third-order valence-electron chi connectivity index (χ3n) is 3.44. The van der Waals surface area contributed by atoms with Gasteiger partial charge in [0, 0.05) is 18.6 Å². The highest BCUT2D eigenvalue weighted by atomic mass is 15.0. The van der Waals surface area contributed by atoms with Crippen molar-refractivity contribution >= 4 is 0 Å². The van der Waals surface area contributed by atoms with Crippen LogP contribution in [0.5, 0.6) is 0 Å². The maximum Gasteiger partial charge on any atom is 0.0164 e. The molecule has 94 valence electrons. The lowest BCUT2D eigenvalue weighted by molar-refractivity contribution is 0.503. The molecule has 0 aliphatic heterocycles. The molecule has 2 N–H and O–H groups in total. The van der Waals surface area contributed by atoms with Crippen molar-refractivity contribution in [2.24, 2.45) is 0 Å². The maximum absolute atomic E-state index is 3.58. The third-order valence-corrected chi connectivity index (χ3v) is 3.44. The highest BCUT2D eigenvalue weighted by Crippen LogP contribution is 2.18. The Hall–Kier alpha value is -0.860. The van der Waals surface area contributed by atoms with Crippen LogP contribution in [0.1, 0.15) is 30.9 Å². The number of rotatable bonds is 7. The van der Waals surface area contributed by atoms with Gasteiger partial charge in [-0.05, 0) is 50.8 Å². The van der Waals surface area contributed by atoms with E-state index >= 15 is 0 Å². The molecular weight excluding hydrogens is 208 g/mol. The molecular formula is C15H24N2. The summed E-state index contributed by atoms with van der Waals surface area (Å²) in [5.74, 6) is 0. The number of nitrogens with one attached hydrogen (secondary N) is 2. The zero-order valence-corrected chi connectivity index (χ0v) is 11.0. The lowest BCUT2D eigenvalue weighted by Gasteiger charge is -2.15. The van der Waals surface area contributed by atoms with Crippen LogP contribution in [0.4, 0.5) is 0 Å². The Labute approximate surface area is 105 Å². The molecule has 0 amide bonds. The van der Waals surface area contributed by atoms with Crippen molar-refractivity contribution < 1.29 is 0 Å². The predicted molar refractivity (Wildman–Crippen MR) is 73.4 cm³/mol. The molecule has 1 unspecified atom stereocenters. The van der Waals surface area contributed by atoms with Gasteiger partial charge in [0.2, 0.25) is 0 Å². The van der Waals surface area contributed by atoms with Gasteiger partial charge in [-0.3, -0.25) is 0 Å². The molecule has 1 aliphatic carbocycles. The van der Waals surface area contributed by atoms with Gasteiger partial charge in [-0.1, -0.05) is 24.3 Å². The van der Waals surface area contributed by atoms with Gasteiger partial charge in [-0.2, -0.15) is 0 Å². The van der Waals surface area contributed by atoms with Gasteiger partial charge in [0.25, 0.3) is 0 Å². The number of aryl methyl sites for hydroxylation is 1. The Morgan fingerprint density at radius 3 is 2.76 bits per heavy atom. The van der Waals surface area contributed by atoms with Gasteiger partial charge >= 0.3 is 0 Å². The molecule has 1 aromatic rings. The molecule has 2 rings (SSSR count). The predicted octanol–water partition coefficient (Wildman–Crippen LogP) is 2.27. The van der Waals surface area contributed by atoms with E-state index in [2.05, 4.69) is 48.7 Å². The van der Waals surface area contributed by atoms with Crippen molar-refractivity contribution in [1.82, 2.24) is 10.6 Å². The molecule has 0 heterocycles. The molecule has 1 aromatic carbocycles. The van der Waals surface area contributed by atoms with Crippen molar-refractivity contribution in [3.8, 4) is 0 Å². The van der Waals surface area contributed by atoms with Crippen LogP contribution in [-0.2, 0) is 6.42 Å². The average molecular weight is 232 g/mol. The Morgan fingerprint density at radius 1 is 1.29 bits per heavy atom. The van der Waals surface area contributed by atoms with Crippen LogP contribution in [0, 0.1) is 6.92 Å². The standard InChI is InChI=1S/C15H24N2/c1-12-5-3-4-6-14(12)9-10-16-13(2)11-17-15-7-8-15/h3-6,13,15-17H,7-11H2,1-2H3. The van der Waals surface area contributed by atoms with Crippen LogP contribution in [0.15, 0.2) is 24.3 Å². The summed E-state index contributed by atoms with van der Waals surface area (Å²) >= 11 is 0. The minimum atomic E-state index is 0.569. The molecule has 0 radical (unpaired) electrons. The third kappa shape index (κ3) is 4.49. The first-order valence-electron chi connectivity index (χ1n) is 6.77. The van der Waals surface area contributed by atoms with E-state index in [0.29, 0.717) is 6.04 Å². The molecule has 1 fully saturated rings. The van der Waals surface area contributed by atoms with Crippen LogP contribution in [0.25, 0.3) is 0 Å². The van der Waals surface area contributed by atoms with Crippen LogP contribution >= 0.6 is 0 Å². The van der Waals surface area contributed by atoms with Gasteiger partial charge < -0.3 is 10.6 Å². The van der Waals surface area contributed by atoms with Gasteiger partial charge in [0.1, 0.15) is 0 Å². The van der Waals surface area contributed by atoms with Gasteiger partial charge in [0.15, 0.2) is 0 Å². The van der Waals surface area contributed by atoms with E-state index in [4.69, 9.17) is 0 Å². The summed E-state index contributed by atoms with van der Waals surface area (Å²) in [6.07, 6.45) is 3.87. The highest BCUT2D eigenvalue weighted by molar-refractivity contribution is 5.25. The molecule has 1 saturated carbocycles. The Bertz CT molecular complexity index is 345. The summed E-state index contributed by atoms with van der Waals surface area (Å²) < 4.78 is 0. The summed E-state index contributed by atoms with van der Waals surface area (Å²) in [7, 11) is 0. The number of benzene rings is 1. The van der Waals surface area contributed by atoms with Crippen LogP contribution < -0.4 is 10.6 Å². The van der Waals surface area contributed by atoms with Crippen LogP contribution in [0.3, 0.4) is 0 Å². The molecule has 2 nitrogen and oxygen atoms in total. The van der Waals surface area contributed by atoms with E-state index in [9.17, 15) is 0 Å². The molecule has 2 heteroatoms. The zero-order chi connectivity index (χ0) is 12.1. The topological polar surface area (TPSA) is 24.1 Å². The zero-order valence-electron chi connectivity index (χ0n) is 11.0. The highest BCUT2D eigenvalue weighted by Gasteiger charge is 2.20. The average Bonchev–Trinajstić information content (AvgIpc) is 3.13. The largest absolute Gasteiger partial charge is 0.313 e. The molecule has 0 spiro atoms. The Balaban J connectivity index is 1.62. The minimum absolute atomic E-state index is 0.569. The smallest absolute Gasteiger partial charge is 0.0164 e. The second-order valence-corrected chi connectivity index (χ2v) is 5.21. The van der Waals surface area contributed by atoms with Crippen molar-refractivity contribution in [1.29, 1.82) is 0 Å². The lowest BCUT2D eigenvalue weighted by Crippen LogP contribution is -2.38. The van der Waals surface area contributed by atoms with Crippen LogP contribution in [0.2, 0.25) is 0 Å². The normalized spacial score (nSPS) is 17.1. The SMILES string of the molecule is Cc1ccccc1CCNC(C)CNC1CC1. The molecule has 0 aromatic heterocycles. The maximum atomic E-state index is 3.58. The summed E-state index contributed by atoms with van der Waals surface area (Å²) in [6, 6.07) is 10.0. The summed E-state index contributed by atoms with van der Waals surface area (Å²) in [5, 5.41) is 7.13. The second kappa shape index (κ2) is 6.18. The van der Waals surface area contributed by atoms with Gasteiger partial charge in [-0.15, -0.1) is 0 Å². The van der Waals surface area contributed by atoms with Gasteiger partial charge in [0.05, 0.1) is 0 Å². The molecule has 0 saturated heterocycles. The first kappa shape index (κ1) is 12.6. The molecule has 1 atom stereocenters. The van der Waals surface area contributed by atoms with Crippen molar-refractivity contribution in [3.63, 3.8) is 0 Å². The summed E-state index contributed by atoms with van der Waals surface area (Å²) in [6.45, 7) is 6.61. The summed E-state index contributed by atoms with van der Waals surface area (Å²) in [4.78, 5) is 0. The van der Waals surface area contributed by atoms with E-state index < -0.39 is 0 Å². The van der Waals surface area contributed by atoms with Crippen molar-refractivity contribution in [2.45, 2.75) is 45.2 Å². The van der Waals surface area contributed by atoms with E-state index in [-0.39, 0.29) is 0 Å².